The van der Waals surface area contributed by atoms with Crippen molar-refractivity contribution in [2.75, 3.05) is 13.2 Å². The fraction of sp³-hybridized carbons (Fsp3) is 1.00. The summed E-state index contributed by atoms with van der Waals surface area (Å²) in [6.07, 6.45) is 7.60. The number of ether oxygens (including phenoxy) is 1. The van der Waals surface area contributed by atoms with Gasteiger partial charge >= 0.3 is 0 Å². The predicted molar refractivity (Wildman–Crippen MR) is 74.4 cm³/mol. The molecule has 0 radical (unpaired) electrons. The van der Waals surface area contributed by atoms with E-state index in [0.29, 0.717) is 6.04 Å². The van der Waals surface area contributed by atoms with E-state index in [1.807, 2.05) is 0 Å². The van der Waals surface area contributed by atoms with Crippen molar-refractivity contribution in [2.45, 2.75) is 77.9 Å². The minimum Gasteiger partial charge on any atom is -0.374 e. The van der Waals surface area contributed by atoms with Gasteiger partial charge in [0.25, 0.3) is 0 Å². The standard InChI is InChI=1S/C15H31NO/c1-5-8-14(16-6-2)15(17-7-3)11-9-13(4)10-12-15/h13-14,16H,5-12H2,1-4H3. The fourth-order valence-electron chi connectivity index (χ4n) is 3.22. The minimum absolute atomic E-state index is 0.118. The van der Waals surface area contributed by atoms with E-state index in [2.05, 4.69) is 33.0 Å². The second-order valence-corrected chi connectivity index (χ2v) is 5.58. The van der Waals surface area contributed by atoms with Crippen molar-refractivity contribution in [2.24, 2.45) is 5.92 Å². The maximum atomic E-state index is 6.22. The quantitative estimate of drug-likeness (QED) is 0.733. The van der Waals surface area contributed by atoms with Crippen LogP contribution in [-0.4, -0.2) is 24.8 Å². The Morgan fingerprint density at radius 1 is 1.24 bits per heavy atom. The molecule has 0 aromatic heterocycles. The van der Waals surface area contributed by atoms with Crippen molar-refractivity contribution in [3.05, 3.63) is 0 Å². The van der Waals surface area contributed by atoms with Gasteiger partial charge in [0.05, 0.1) is 5.60 Å². The molecule has 2 nitrogen and oxygen atoms in total. The van der Waals surface area contributed by atoms with Gasteiger partial charge in [-0.15, -0.1) is 0 Å². The molecule has 0 aromatic rings. The van der Waals surface area contributed by atoms with Crippen molar-refractivity contribution in [3.63, 3.8) is 0 Å². The van der Waals surface area contributed by atoms with Crippen LogP contribution in [0.3, 0.4) is 0 Å². The molecule has 1 aliphatic rings. The molecule has 2 heteroatoms. The second-order valence-electron chi connectivity index (χ2n) is 5.58. The van der Waals surface area contributed by atoms with Crippen LogP contribution >= 0.6 is 0 Å². The molecule has 1 rings (SSSR count). The summed E-state index contributed by atoms with van der Waals surface area (Å²) in [6.45, 7) is 10.9. The first-order valence-corrected chi connectivity index (χ1v) is 7.55. The van der Waals surface area contributed by atoms with Gasteiger partial charge in [-0.25, -0.2) is 0 Å². The average Bonchev–Trinajstić information content (AvgIpc) is 2.32. The Labute approximate surface area is 108 Å². The summed E-state index contributed by atoms with van der Waals surface area (Å²) in [5.74, 6) is 0.882. The summed E-state index contributed by atoms with van der Waals surface area (Å²) >= 11 is 0. The Kier molecular flexibility index (Phi) is 6.50. The molecule has 1 atom stereocenters. The monoisotopic (exact) mass is 241 g/mol. The van der Waals surface area contributed by atoms with Crippen LogP contribution < -0.4 is 5.32 Å². The SMILES string of the molecule is CCCC(NCC)C1(OCC)CCC(C)CC1. The summed E-state index contributed by atoms with van der Waals surface area (Å²) in [6, 6.07) is 0.546. The third kappa shape index (κ3) is 3.96. The lowest BCUT2D eigenvalue weighted by Crippen LogP contribution is -2.54. The van der Waals surface area contributed by atoms with E-state index in [4.69, 9.17) is 4.74 Å². The zero-order valence-electron chi connectivity index (χ0n) is 12.2. The number of hydrogen-bond donors (Lipinski definition) is 1. The first-order valence-electron chi connectivity index (χ1n) is 7.55. The molecule has 0 aromatic carbocycles. The van der Waals surface area contributed by atoms with E-state index in [-0.39, 0.29) is 5.60 Å². The van der Waals surface area contributed by atoms with Crippen molar-refractivity contribution in [1.82, 2.24) is 5.32 Å². The van der Waals surface area contributed by atoms with Gasteiger partial charge in [-0.05, 0) is 51.5 Å². The summed E-state index contributed by atoms with van der Waals surface area (Å²) in [5.41, 5.74) is 0.118. The van der Waals surface area contributed by atoms with Gasteiger partial charge in [0.15, 0.2) is 0 Å². The molecular formula is C15H31NO. The lowest BCUT2D eigenvalue weighted by Gasteiger charge is -2.45. The van der Waals surface area contributed by atoms with Gasteiger partial charge in [0.1, 0.15) is 0 Å². The van der Waals surface area contributed by atoms with E-state index in [1.165, 1.54) is 38.5 Å². The van der Waals surface area contributed by atoms with Crippen LogP contribution in [0.25, 0.3) is 0 Å². The van der Waals surface area contributed by atoms with Crippen molar-refractivity contribution in [3.8, 4) is 0 Å². The van der Waals surface area contributed by atoms with Crippen molar-refractivity contribution >= 4 is 0 Å². The van der Waals surface area contributed by atoms with E-state index < -0.39 is 0 Å². The molecular weight excluding hydrogens is 210 g/mol. The summed E-state index contributed by atoms with van der Waals surface area (Å²) in [5, 5.41) is 3.67. The third-order valence-electron chi connectivity index (χ3n) is 4.22. The van der Waals surface area contributed by atoms with E-state index in [0.717, 1.165) is 19.1 Å². The number of likely N-dealkylation sites (N-methyl/N-ethyl adjacent to an activating group) is 1. The first-order chi connectivity index (χ1) is 8.18. The van der Waals surface area contributed by atoms with Crippen molar-refractivity contribution < 1.29 is 4.74 Å². The molecule has 1 saturated carbocycles. The molecule has 0 bridgehead atoms. The Morgan fingerprint density at radius 3 is 2.35 bits per heavy atom. The van der Waals surface area contributed by atoms with Crippen molar-refractivity contribution in [1.29, 1.82) is 0 Å². The summed E-state index contributed by atoms with van der Waals surface area (Å²) < 4.78 is 6.22. The van der Waals surface area contributed by atoms with Gasteiger partial charge in [-0.1, -0.05) is 27.2 Å². The molecule has 0 saturated heterocycles. The summed E-state index contributed by atoms with van der Waals surface area (Å²) in [7, 11) is 0. The van der Waals surface area contributed by atoms with Crippen LogP contribution in [0.1, 0.15) is 66.2 Å². The van der Waals surface area contributed by atoms with E-state index in [1.54, 1.807) is 0 Å². The lowest BCUT2D eigenvalue weighted by atomic mass is 9.74. The molecule has 1 aliphatic carbocycles. The van der Waals surface area contributed by atoms with E-state index >= 15 is 0 Å². The normalized spacial score (nSPS) is 31.4. The zero-order valence-corrected chi connectivity index (χ0v) is 12.2. The van der Waals surface area contributed by atoms with Crippen LogP contribution in [0.4, 0.5) is 0 Å². The topological polar surface area (TPSA) is 21.3 Å². The van der Waals surface area contributed by atoms with E-state index in [9.17, 15) is 0 Å². The molecule has 1 N–H and O–H groups in total. The highest BCUT2D eigenvalue weighted by atomic mass is 16.5. The predicted octanol–water partition coefficient (Wildman–Crippen LogP) is 3.75. The molecule has 102 valence electrons. The number of hydrogen-bond acceptors (Lipinski definition) is 2. The van der Waals surface area contributed by atoms with Crippen LogP contribution in [0, 0.1) is 5.92 Å². The van der Waals surface area contributed by atoms with Gasteiger partial charge in [-0.3, -0.25) is 0 Å². The maximum absolute atomic E-state index is 6.22. The Hall–Kier alpha value is -0.0800. The first kappa shape index (κ1) is 15.0. The molecule has 0 amide bonds. The Bertz CT molecular complexity index is 191. The molecule has 0 spiro atoms. The highest BCUT2D eigenvalue weighted by Crippen LogP contribution is 2.38. The van der Waals surface area contributed by atoms with Crippen LogP contribution in [0.15, 0.2) is 0 Å². The van der Waals surface area contributed by atoms with Gasteiger partial charge in [-0.2, -0.15) is 0 Å². The maximum Gasteiger partial charge on any atom is 0.0834 e. The highest BCUT2D eigenvalue weighted by molar-refractivity contribution is 4.96. The molecule has 0 heterocycles. The third-order valence-corrected chi connectivity index (χ3v) is 4.22. The highest BCUT2D eigenvalue weighted by Gasteiger charge is 2.41. The van der Waals surface area contributed by atoms with Crippen LogP contribution in [0.2, 0.25) is 0 Å². The van der Waals surface area contributed by atoms with Gasteiger partial charge < -0.3 is 10.1 Å². The smallest absolute Gasteiger partial charge is 0.0834 e. The fourth-order valence-corrected chi connectivity index (χ4v) is 3.22. The Balaban J connectivity index is 2.72. The van der Waals surface area contributed by atoms with Gasteiger partial charge in [0.2, 0.25) is 0 Å². The number of rotatable bonds is 7. The summed E-state index contributed by atoms with van der Waals surface area (Å²) in [4.78, 5) is 0. The largest absolute Gasteiger partial charge is 0.374 e. The minimum atomic E-state index is 0.118. The second kappa shape index (κ2) is 7.38. The zero-order chi connectivity index (χ0) is 12.7. The molecule has 0 aliphatic heterocycles. The molecule has 17 heavy (non-hydrogen) atoms. The molecule has 1 fully saturated rings. The van der Waals surface area contributed by atoms with Crippen LogP contribution in [0.5, 0.6) is 0 Å². The number of nitrogens with one attached hydrogen (secondary N) is 1. The Morgan fingerprint density at radius 2 is 1.88 bits per heavy atom. The van der Waals surface area contributed by atoms with Gasteiger partial charge in [0, 0.05) is 12.6 Å². The van der Waals surface area contributed by atoms with Crippen LogP contribution in [-0.2, 0) is 4.74 Å². The molecule has 1 unspecified atom stereocenters. The lowest BCUT2D eigenvalue weighted by molar-refractivity contribution is -0.0975. The average molecular weight is 241 g/mol.